The highest BCUT2D eigenvalue weighted by molar-refractivity contribution is 6.05. The minimum Gasteiger partial charge on any atom is -0.444 e. The molecule has 0 unspecified atom stereocenters. The second kappa shape index (κ2) is 12.3. The van der Waals surface area contributed by atoms with Crippen LogP contribution in [0.15, 0.2) is 60.9 Å². The number of nitrogens with one attached hydrogen (secondary N) is 2. The maximum atomic E-state index is 13.5. The lowest BCUT2D eigenvalue weighted by molar-refractivity contribution is -0.117. The van der Waals surface area contributed by atoms with Crippen molar-refractivity contribution in [3.63, 3.8) is 0 Å². The van der Waals surface area contributed by atoms with Gasteiger partial charge in [-0.2, -0.15) is 0 Å². The van der Waals surface area contributed by atoms with Crippen molar-refractivity contribution in [1.29, 1.82) is 0 Å². The molecule has 1 aliphatic heterocycles. The average molecular weight is 613 g/mol. The van der Waals surface area contributed by atoms with Crippen LogP contribution in [0.2, 0.25) is 0 Å². The molecule has 1 saturated carbocycles. The van der Waals surface area contributed by atoms with E-state index in [2.05, 4.69) is 20.6 Å². The molecule has 1 saturated heterocycles. The molecule has 4 aromatic rings. The lowest BCUT2D eigenvalue weighted by Crippen LogP contribution is -2.47. The Morgan fingerprint density at radius 2 is 1.84 bits per heavy atom. The molecule has 0 radical (unpaired) electrons. The first-order valence-corrected chi connectivity index (χ1v) is 15.2. The van der Waals surface area contributed by atoms with Gasteiger partial charge in [0.25, 0.3) is 0 Å². The summed E-state index contributed by atoms with van der Waals surface area (Å²) in [5, 5.41) is 7.83. The largest absolute Gasteiger partial charge is 0.444 e. The van der Waals surface area contributed by atoms with Gasteiger partial charge < -0.3 is 25.0 Å². The molecule has 10 nitrogen and oxygen atoms in total. The molecule has 11 heteroatoms. The first-order valence-electron chi connectivity index (χ1n) is 15.2. The molecular formula is C34H37FN6O4. The first-order chi connectivity index (χ1) is 21.6. The zero-order valence-corrected chi connectivity index (χ0v) is 25.8. The number of anilines is 2. The molecule has 2 N–H and O–H groups in total. The summed E-state index contributed by atoms with van der Waals surface area (Å²) in [5.74, 6) is 0.483. The van der Waals surface area contributed by atoms with Gasteiger partial charge in [-0.05, 0) is 76.8 Å². The van der Waals surface area contributed by atoms with Crippen LogP contribution >= 0.6 is 0 Å². The Hall–Kier alpha value is -4.80. The fraction of sp³-hybridized carbons (Fsp3) is 0.382. The number of ether oxygens (including phenoxy) is 2. The average Bonchev–Trinajstić information content (AvgIpc) is 3.75. The zero-order chi connectivity index (χ0) is 31.7. The lowest BCUT2D eigenvalue weighted by Gasteiger charge is -2.34. The number of alkyl halides is 1. The number of nitrogens with zero attached hydrogens (tertiary/aromatic N) is 4. The summed E-state index contributed by atoms with van der Waals surface area (Å²) in [6.07, 6.45) is 3.90. The van der Waals surface area contributed by atoms with Crippen LogP contribution in [-0.4, -0.2) is 62.8 Å². The topological polar surface area (TPSA) is 119 Å². The first kappa shape index (κ1) is 30.2. The molecule has 1 aliphatic carbocycles. The monoisotopic (exact) mass is 612 g/mol. The van der Waals surface area contributed by atoms with E-state index >= 15 is 0 Å². The highest BCUT2D eigenvalue weighted by Crippen LogP contribution is 2.40. The Morgan fingerprint density at radius 3 is 2.62 bits per heavy atom. The predicted octanol–water partition coefficient (Wildman–Crippen LogP) is 6.90. The lowest BCUT2D eigenvalue weighted by atomic mass is 10.0. The molecule has 2 fully saturated rings. The van der Waals surface area contributed by atoms with Crippen molar-refractivity contribution >= 4 is 34.4 Å². The molecule has 234 valence electrons. The second-order valence-corrected chi connectivity index (χ2v) is 12.6. The minimum absolute atomic E-state index is 0.0325. The van der Waals surface area contributed by atoms with E-state index in [0.717, 1.165) is 29.2 Å². The third-order valence-corrected chi connectivity index (χ3v) is 7.82. The van der Waals surface area contributed by atoms with Crippen LogP contribution < -0.4 is 15.4 Å². The van der Waals surface area contributed by atoms with Crippen molar-refractivity contribution < 1.29 is 23.5 Å². The molecule has 2 aliphatic rings. The number of fused-ring (bicyclic) bond motifs is 1. The number of halogens is 1. The zero-order valence-electron chi connectivity index (χ0n) is 25.8. The standard InChI is InChI=1S/C34H37FN6O4/c1-20-12-13-22-23(9-5-11-27(22)39-30(42)25-18-26(25)35)29(20)44-31-24(10-6-15-36-31)28-14-16-37-32(40-28)38-21-8-7-17-41(19-21)33(43)45-34(2,3)4/h5-6,9-16,21,25-26H,7-8,17-19H2,1-4H3,(H,39,42)(H,37,38,40)/t21-,25+,26-/m0/s1. The van der Waals surface area contributed by atoms with Crippen LogP contribution in [0.5, 0.6) is 11.6 Å². The highest BCUT2D eigenvalue weighted by Gasteiger charge is 2.43. The van der Waals surface area contributed by atoms with E-state index in [-0.39, 0.29) is 24.5 Å². The number of benzene rings is 2. The highest BCUT2D eigenvalue weighted by atomic mass is 19.1. The van der Waals surface area contributed by atoms with Gasteiger partial charge in [-0.3, -0.25) is 4.79 Å². The summed E-state index contributed by atoms with van der Waals surface area (Å²) in [4.78, 5) is 40.6. The molecule has 2 aromatic heterocycles. The van der Waals surface area contributed by atoms with Gasteiger partial charge >= 0.3 is 6.09 Å². The molecule has 2 amide bonds. The molecular weight excluding hydrogens is 575 g/mol. The van der Waals surface area contributed by atoms with Crippen molar-refractivity contribution in [2.75, 3.05) is 23.7 Å². The maximum Gasteiger partial charge on any atom is 0.410 e. The molecule has 0 bridgehead atoms. The predicted molar refractivity (Wildman–Crippen MR) is 170 cm³/mol. The molecule has 3 atom stereocenters. The van der Waals surface area contributed by atoms with E-state index in [1.54, 1.807) is 29.4 Å². The number of amides is 2. The number of aryl methyl sites for hydroxylation is 1. The number of hydrogen-bond acceptors (Lipinski definition) is 8. The summed E-state index contributed by atoms with van der Waals surface area (Å²) in [6.45, 7) is 8.65. The number of rotatable bonds is 7. The third-order valence-electron chi connectivity index (χ3n) is 7.82. The van der Waals surface area contributed by atoms with E-state index in [9.17, 15) is 14.0 Å². The quantitative estimate of drug-likeness (QED) is 0.231. The number of hydrogen-bond donors (Lipinski definition) is 2. The van der Waals surface area contributed by atoms with Crippen molar-refractivity contribution in [3.05, 3.63) is 66.5 Å². The van der Waals surface area contributed by atoms with Crippen LogP contribution in [0.25, 0.3) is 22.0 Å². The van der Waals surface area contributed by atoms with Crippen molar-refractivity contribution in [3.8, 4) is 22.9 Å². The molecule has 45 heavy (non-hydrogen) atoms. The van der Waals surface area contributed by atoms with Gasteiger partial charge in [0.05, 0.1) is 17.2 Å². The van der Waals surface area contributed by atoms with E-state index in [1.807, 2.05) is 64.1 Å². The van der Waals surface area contributed by atoms with Gasteiger partial charge in [-0.25, -0.2) is 24.1 Å². The molecule has 2 aromatic carbocycles. The van der Waals surface area contributed by atoms with E-state index < -0.39 is 17.7 Å². The fourth-order valence-corrected chi connectivity index (χ4v) is 5.46. The Labute approximate surface area is 261 Å². The van der Waals surface area contributed by atoms with Crippen LogP contribution in [0.3, 0.4) is 0 Å². The Kier molecular flexibility index (Phi) is 8.26. The summed E-state index contributed by atoms with van der Waals surface area (Å²) in [7, 11) is 0. The van der Waals surface area contributed by atoms with E-state index in [0.29, 0.717) is 47.6 Å². The van der Waals surface area contributed by atoms with Crippen LogP contribution in [-0.2, 0) is 9.53 Å². The molecule has 0 spiro atoms. The number of likely N-dealkylation sites (tertiary alicyclic amines) is 1. The van der Waals surface area contributed by atoms with E-state index in [4.69, 9.17) is 14.5 Å². The molecule has 3 heterocycles. The summed E-state index contributed by atoms with van der Waals surface area (Å²) < 4.78 is 25.6. The van der Waals surface area contributed by atoms with Gasteiger partial charge in [0.1, 0.15) is 17.5 Å². The normalized spacial score (nSPS) is 19.6. The number of aromatic nitrogens is 3. The number of carbonyl (C=O) groups is 2. The molecule has 6 rings (SSSR count). The van der Waals surface area contributed by atoms with Gasteiger partial charge in [-0.15, -0.1) is 0 Å². The number of carbonyl (C=O) groups excluding carboxylic acids is 2. The SMILES string of the molecule is Cc1ccc2c(NC(=O)[C@@H]3C[C@@H]3F)cccc2c1Oc1ncccc1-c1ccnc(N[C@H]2CCCN(C(=O)OC(C)(C)C)C2)n1. The maximum absolute atomic E-state index is 13.5. The van der Waals surface area contributed by atoms with Crippen molar-refractivity contribution in [1.82, 2.24) is 19.9 Å². The Balaban J connectivity index is 1.23. The van der Waals surface area contributed by atoms with Gasteiger partial charge in [0, 0.05) is 48.0 Å². The fourth-order valence-electron chi connectivity index (χ4n) is 5.46. The van der Waals surface area contributed by atoms with Crippen LogP contribution in [0.1, 0.15) is 45.6 Å². The number of piperidine rings is 1. The second-order valence-electron chi connectivity index (χ2n) is 12.6. The minimum atomic E-state index is -1.07. The van der Waals surface area contributed by atoms with Crippen LogP contribution in [0, 0.1) is 12.8 Å². The van der Waals surface area contributed by atoms with Gasteiger partial charge in [0.2, 0.25) is 17.7 Å². The number of pyridine rings is 1. The Bertz CT molecular complexity index is 1740. The smallest absolute Gasteiger partial charge is 0.410 e. The van der Waals surface area contributed by atoms with Crippen molar-refractivity contribution in [2.24, 2.45) is 5.92 Å². The van der Waals surface area contributed by atoms with Gasteiger partial charge in [-0.1, -0.05) is 24.3 Å². The van der Waals surface area contributed by atoms with Crippen LogP contribution in [0.4, 0.5) is 20.8 Å². The summed E-state index contributed by atoms with van der Waals surface area (Å²) in [6, 6.07) is 14.9. The summed E-state index contributed by atoms with van der Waals surface area (Å²) in [5.41, 5.74) is 2.21. The Morgan fingerprint density at radius 1 is 1.02 bits per heavy atom. The third kappa shape index (κ3) is 6.97. The van der Waals surface area contributed by atoms with E-state index in [1.165, 1.54) is 0 Å². The summed E-state index contributed by atoms with van der Waals surface area (Å²) >= 11 is 0. The van der Waals surface area contributed by atoms with Crippen molar-refractivity contribution in [2.45, 2.75) is 64.8 Å². The van der Waals surface area contributed by atoms with Gasteiger partial charge in [0.15, 0.2) is 0 Å².